The molecule has 0 saturated carbocycles. The number of phenols is 1. The van der Waals surface area contributed by atoms with Gasteiger partial charge in [-0.2, -0.15) is 0 Å². The molecule has 1 heterocycles. The van der Waals surface area contributed by atoms with E-state index in [-0.39, 0.29) is 5.41 Å². The number of piperidine rings is 1. The van der Waals surface area contributed by atoms with Gasteiger partial charge in [0.05, 0.1) is 0 Å². The summed E-state index contributed by atoms with van der Waals surface area (Å²) in [6, 6.07) is 7.86. The van der Waals surface area contributed by atoms with Crippen molar-refractivity contribution < 1.29 is 5.11 Å². The third-order valence-corrected chi connectivity index (χ3v) is 5.40. The highest BCUT2D eigenvalue weighted by Crippen LogP contribution is 2.40. The monoisotopic (exact) mass is 289 g/mol. The van der Waals surface area contributed by atoms with Crippen LogP contribution in [0.5, 0.6) is 5.75 Å². The lowest BCUT2D eigenvalue weighted by atomic mass is 9.68. The smallest absolute Gasteiger partial charge is 0.115 e. The second-order valence-corrected chi connectivity index (χ2v) is 6.98. The Kier molecular flexibility index (Phi) is 5.69. The molecule has 0 unspecified atom stereocenters. The van der Waals surface area contributed by atoms with Crippen LogP contribution in [0.4, 0.5) is 0 Å². The molecule has 2 heteroatoms. The van der Waals surface area contributed by atoms with Crippen molar-refractivity contribution in [3.63, 3.8) is 0 Å². The van der Waals surface area contributed by atoms with Crippen LogP contribution in [-0.2, 0) is 5.41 Å². The lowest BCUT2D eigenvalue weighted by Crippen LogP contribution is -2.47. The summed E-state index contributed by atoms with van der Waals surface area (Å²) in [5.41, 5.74) is 1.49. The molecule has 118 valence electrons. The predicted molar refractivity (Wildman–Crippen MR) is 89.8 cm³/mol. The van der Waals surface area contributed by atoms with E-state index in [1.807, 2.05) is 12.1 Å². The molecule has 0 radical (unpaired) electrons. The molecule has 1 aliphatic heterocycles. The minimum absolute atomic E-state index is 0.193. The summed E-state index contributed by atoms with van der Waals surface area (Å²) in [5.74, 6) is 1.02. The third-order valence-electron chi connectivity index (χ3n) is 5.40. The topological polar surface area (TPSA) is 23.5 Å². The summed E-state index contributed by atoms with van der Waals surface area (Å²) in [4.78, 5) is 2.63. The lowest BCUT2D eigenvalue weighted by molar-refractivity contribution is 0.109. The Labute approximate surface area is 130 Å². The Hall–Kier alpha value is -1.02. The van der Waals surface area contributed by atoms with Gasteiger partial charge in [-0.3, -0.25) is 0 Å². The molecule has 0 amide bonds. The van der Waals surface area contributed by atoms with E-state index in [2.05, 4.69) is 31.7 Å². The quantitative estimate of drug-likeness (QED) is 0.775. The van der Waals surface area contributed by atoms with Gasteiger partial charge in [-0.15, -0.1) is 0 Å². The largest absolute Gasteiger partial charge is 0.508 e. The fourth-order valence-corrected chi connectivity index (χ4v) is 3.57. The van der Waals surface area contributed by atoms with Crippen molar-refractivity contribution in [3.05, 3.63) is 29.8 Å². The van der Waals surface area contributed by atoms with Crippen LogP contribution < -0.4 is 0 Å². The van der Waals surface area contributed by atoms with Crippen LogP contribution in [0.2, 0.25) is 0 Å². The molecule has 0 aliphatic carbocycles. The molecule has 2 atom stereocenters. The van der Waals surface area contributed by atoms with Gasteiger partial charge in [-0.05, 0) is 55.0 Å². The van der Waals surface area contributed by atoms with E-state index in [0.717, 1.165) is 0 Å². The van der Waals surface area contributed by atoms with Crippen LogP contribution in [0.3, 0.4) is 0 Å². The van der Waals surface area contributed by atoms with Gasteiger partial charge >= 0.3 is 0 Å². The van der Waals surface area contributed by atoms with Gasteiger partial charge in [-0.1, -0.05) is 52.2 Å². The van der Waals surface area contributed by atoms with Crippen molar-refractivity contribution in [1.82, 2.24) is 4.90 Å². The number of hydrogen-bond acceptors (Lipinski definition) is 2. The van der Waals surface area contributed by atoms with Gasteiger partial charge in [0.25, 0.3) is 0 Å². The van der Waals surface area contributed by atoms with Gasteiger partial charge in [0.1, 0.15) is 5.75 Å². The van der Waals surface area contributed by atoms with Crippen LogP contribution in [0.25, 0.3) is 0 Å². The third kappa shape index (κ3) is 4.00. The predicted octanol–water partition coefficient (Wildman–Crippen LogP) is 4.57. The molecular formula is C19H31NO. The van der Waals surface area contributed by atoms with E-state index in [9.17, 15) is 5.11 Å². The number of likely N-dealkylation sites (tertiary alicyclic amines) is 1. The van der Waals surface area contributed by atoms with Gasteiger partial charge in [0.2, 0.25) is 0 Å². The number of benzene rings is 1. The van der Waals surface area contributed by atoms with Crippen molar-refractivity contribution in [2.75, 3.05) is 19.6 Å². The van der Waals surface area contributed by atoms with Gasteiger partial charge in [0.15, 0.2) is 0 Å². The zero-order chi connectivity index (χ0) is 15.3. The molecule has 21 heavy (non-hydrogen) atoms. The van der Waals surface area contributed by atoms with E-state index in [1.165, 1.54) is 57.3 Å². The Morgan fingerprint density at radius 3 is 2.76 bits per heavy atom. The first-order valence-corrected chi connectivity index (χ1v) is 8.58. The van der Waals surface area contributed by atoms with Crippen molar-refractivity contribution in [2.24, 2.45) is 5.92 Å². The molecule has 0 aromatic heterocycles. The molecule has 1 fully saturated rings. The highest BCUT2D eigenvalue weighted by Gasteiger charge is 2.37. The number of aromatic hydroxyl groups is 1. The van der Waals surface area contributed by atoms with E-state index in [4.69, 9.17) is 0 Å². The molecule has 2 nitrogen and oxygen atoms in total. The zero-order valence-corrected chi connectivity index (χ0v) is 13.9. The number of unbranched alkanes of at least 4 members (excludes halogenated alkanes) is 3. The summed E-state index contributed by atoms with van der Waals surface area (Å²) >= 11 is 0. The molecule has 1 N–H and O–H groups in total. The Morgan fingerprint density at radius 2 is 2.10 bits per heavy atom. The fourth-order valence-electron chi connectivity index (χ4n) is 3.57. The van der Waals surface area contributed by atoms with Crippen molar-refractivity contribution >= 4 is 0 Å². The first kappa shape index (κ1) is 16.4. The summed E-state index contributed by atoms with van der Waals surface area (Å²) in [6.45, 7) is 10.6. The molecule has 1 saturated heterocycles. The first-order chi connectivity index (χ1) is 10.1. The fraction of sp³-hybridized carbons (Fsp3) is 0.684. The van der Waals surface area contributed by atoms with Crippen LogP contribution in [0.1, 0.15) is 58.4 Å². The lowest BCUT2D eigenvalue weighted by Gasteiger charge is -2.45. The van der Waals surface area contributed by atoms with Crippen LogP contribution in [0.15, 0.2) is 24.3 Å². The first-order valence-electron chi connectivity index (χ1n) is 8.58. The van der Waals surface area contributed by atoms with E-state index in [0.29, 0.717) is 11.7 Å². The van der Waals surface area contributed by atoms with Crippen LogP contribution >= 0.6 is 0 Å². The zero-order valence-electron chi connectivity index (χ0n) is 13.9. The summed E-state index contributed by atoms with van der Waals surface area (Å²) in [7, 11) is 0. The average molecular weight is 289 g/mol. The van der Waals surface area contributed by atoms with Crippen LogP contribution in [-0.4, -0.2) is 29.6 Å². The van der Waals surface area contributed by atoms with E-state index < -0.39 is 0 Å². The maximum absolute atomic E-state index is 9.75. The Bertz CT molecular complexity index is 445. The maximum Gasteiger partial charge on any atom is 0.115 e. The molecule has 0 spiro atoms. The minimum Gasteiger partial charge on any atom is -0.508 e. The number of nitrogens with zero attached hydrogens (tertiary/aromatic N) is 1. The number of phenolic OH excluding ortho intramolecular Hbond substituents is 1. The van der Waals surface area contributed by atoms with E-state index >= 15 is 0 Å². The van der Waals surface area contributed by atoms with Gasteiger partial charge in [0, 0.05) is 6.54 Å². The standard InChI is InChI=1S/C19H31NO/c1-4-5-6-7-12-20-13-11-19(3,16(2)15-20)17-9-8-10-18(21)14-17/h8-10,14,16,21H,4-7,11-13,15H2,1-3H3/t16-,19-/m1/s1. The highest BCUT2D eigenvalue weighted by atomic mass is 16.3. The highest BCUT2D eigenvalue weighted by molar-refractivity contribution is 5.33. The molecule has 0 bridgehead atoms. The van der Waals surface area contributed by atoms with Crippen molar-refractivity contribution in [1.29, 1.82) is 0 Å². The minimum atomic E-state index is 0.193. The number of hydrogen-bond donors (Lipinski definition) is 1. The average Bonchev–Trinajstić information content (AvgIpc) is 2.47. The van der Waals surface area contributed by atoms with E-state index in [1.54, 1.807) is 6.07 Å². The molecule has 2 rings (SSSR count). The summed E-state index contributed by atoms with van der Waals surface area (Å²) in [6.07, 6.45) is 6.57. The van der Waals surface area contributed by atoms with Crippen molar-refractivity contribution in [3.8, 4) is 5.75 Å². The normalized spacial score (nSPS) is 26.9. The summed E-state index contributed by atoms with van der Waals surface area (Å²) in [5, 5.41) is 9.75. The molecular weight excluding hydrogens is 258 g/mol. The second-order valence-electron chi connectivity index (χ2n) is 6.98. The van der Waals surface area contributed by atoms with Crippen LogP contribution in [0, 0.1) is 5.92 Å². The van der Waals surface area contributed by atoms with Crippen molar-refractivity contribution in [2.45, 2.75) is 58.3 Å². The van der Waals surface area contributed by atoms with Gasteiger partial charge < -0.3 is 10.0 Å². The summed E-state index contributed by atoms with van der Waals surface area (Å²) < 4.78 is 0. The number of rotatable bonds is 6. The Balaban J connectivity index is 1.94. The molecule has 1 aromatic carbocycles. The molecule has 1 aliphatic rings. The van der Waals surface area contributed by atoms with Gasteiger partial charge in [-0.25, -0.2) is 0 Å². The molecule has 1 aromatic rings. The second kappa shape index (κ2) is 7.31. The SMILES string of the molecule is CCCCCCN1CC[C@@](C)(c2cccc(O)c2)[C@H](C)C1. The Morgan fingerprint density at radius 1 is 1.29 bits per heavy atom. The maximum atomic E-state index is 9.75.